The van der Waals surface area contributed by atoms with Crippen LogP contribution >= 0.6 is 24.1 Å². The third-order valence-corrected chi connectivity index (χ3v) is 9.95. The van der Waals surface area contributed by atoms with E-state index in [2.05, 4.69) is 43.9 Å². The first-order valence-electron chi connectivity index (χ1n) is 14.7. The number of nitrogens with one attached hydrogen (secondary N) is 1. The Morgan fingerprint density at radius 2 is 1.56 bits per heavy atom. The standard InChI is InChI=1S/C31H27N5O14S3.Cu/c1-46-11-3-10-32-53(44,45)19-8-9-23(37)22(15-19)34-35-27-25(52-50-48-43)13-16-6-7-18(14-20(16)29(27)38)33-36-28-26-17(12-21(30(28)39)31(40)41)4-2-5-24(26)51-49-47-42;/h2,4-9,12-15,32,37-39,42-43H,3,10-11H2,1H3,(H,40,41);/p-3. The molecule has 0 aliphatic heterocycles. The third-order valence-electron chi connectivity index (χ3n) is 7.23. The summed E-state index contributed by atoms with van der Waals surface area (Å²) in [5.41, 5.74) is -1.44. The van der Waals surface area contributed by atoms with Crippen LogP contribution in [0.3, 0.4) is 0 Å². The van der Waals surface area contributed by atoms with Crippen molar-refractivity contribution >= 4 is 84.4 Å². The van der Waals surface area contributed by atoms with E-state index in [-0.39, 0.29) is 77.2 Å². The Labute approximate surface area is 323 Å². The molecule has 0 aromatic heterocycles. The molecular weight excluding hydrogens is 826 g/mol. The molecule has 19 nitrogen and oxygen atoms in total. The van der Waals surface area contributed by atoms with Crippen LogP contribution in [0.4, 0.5) is 22.7 Å². The average molecular weight is 850 g/mol. The second-order valence-electron chi connectivity index (χ2n) is 10.5. The van der Waals surface area contributed by atoms with Crippen molar-refractivity contribution in [2.75, 3.05) is 20.3 Å². The zero-order chi connectivity index (χ0) is 38.1. The minimum absolute atomic E-state index is 0. The molecule has 0 aliphatic rings. The van der Waals surface area contributed by atoms with Crippen molar-refractivity contribution in [2.24, 2.45) is 20.5 Å². The Bertz CT molecular complexity index is 2330. The molecular formula is C31H24CuN5O14S3-3. The SMILES string of the molecule is COCCCNS(=O)(=O)c1ccc(O)c(N=Nc2c(SOO[O-])cc3ccc(N=Nc4c(O)c(C(=O)[O-])cc5cccc(SOO[O-])c45)cc3c2O)c1.[Cu]. The van der Waals surface area contributed by atoms with Crippen molar-refractivity contribution in [1.82, 2.24) is 4.72 Å². The maximum atomic E-state index is 12.8. The molecule has 0 spiro atoms. The zero-order valence-electron chi connectivity index (χ0n) is 27.1. The Morgan fingerprint density at radius 1 is 0.833 bits per heavy atom. The first-order valence-corrected chi connectivity index (χ1v) is 17.7. The van der Waals surface area contributed by atoms with E-state index in [9.17, 15) is 44.2 Å². The van der Waals surface area contributed by atoms with Gasteiger partial charge in [-0.25, -0.2) is 13.1 Å². The van der Waals surface area contributed by atoms with Crippen LogP contribution in [0.2, 0.25) is 0 Å². The van der Waals surface area contributed by atoms with Crippen LogP contribution in [0.1, 0.15) is 16.8 Å². The number of aromatic carboxylic acids is 1. The number of rotatable bonds is 17. The fourth-order valence-electron chi connectivity index (χ4n) is 4.84. The van der Waals surface area contributed by atoms with Gasteiger partial charge in [-0.15, -0.1) is 15.3 Å². The van der Waals surface area contributed by atoms with Crippen LogP contribution in [-0.2, 0) is 50.6 Å². The maximum absolute atomic E-state index is 12.8. The van der Waals surface area contributed by atoms with Gasteiger partial charge in [0.1, 0.15) is 22.8 Å². The van der Waals surface area contributed by atoms with Crippen LogP contribution in [0.25, 0.3) is 21.5 Å². The molecule has 289 valence electrons. The number of sulfonamides is 1. The number of azo groups is 2. The Balaban J connectivity index is 0.00000650. The predicted molar refractivity (Wildman–Crippen MR) is 180 cm³/mol. The Hall–Kier alpha value is -4.46. The second-order valence-corrected chi connectivity index (χ2v) is 13.7. The molecule has 4 N–H and O–H groups in total. The molecule has 5 aromatic rings. The van der Waals surface area contributed by atoms with E-state index < -0.39 is 38.8 Å². The van der Waals surface area contributed by atoms with Crippen LogP contribution < -0.4 is 20.3 Å². The fraction of sp³-hybridized carbons (Fsp3) is 0.129. The molecule has 0 heterocycles. The first kappa shape index (κ1) is 42.3. The van der Waals surface area contributed by atoms with Gasteiger partial charge in [0.25, 0.3) is 0 Å². The van der Waals surface area contributed by atoms with Gasteiger partial charge in [0.2, 0.25) is 10.0 Å². The van der Waals surface area contributed by atoms with E-state index in [1.54, 1.807) is 0 Å². The largest absolute Gasteiger partial charge is 0.691 e. The predicted octanol–water partition coefficient (Wildman–Crippen LogP) is 4.08. The summed E-state index contributed by atoms with van der Waals surface area (Å²) in [4.78, 5) is 11.8. The topological polar surface area (TPSA) is 289 Å². The van der Waals surface area contributed by atoms with E-state index >= 15 is 0 Å². The first-order chi connectivity index (χ1) is 25.5. The number of benzene rings is 5. The number of carbonyl (C=O) groups is 1. The number of phenolic OH excluding ortho intramolecular Hbond substituents is 2. The van der Waals surface area contributed by atoms with Crippen LogP contribution in [-0.4, -0.2) is 50.0 Å². The smallest absolute Gasteiger partial charge is 0.240 e. The molecule has 23 heteroatoms. The minimum Gasteiger partial charge on any atom is -0.691 e. The van der Waals surface area contributed by atoms with Gasteiger partial charge in [0.15, 0.2) is 11.5 Å². The van der Waals surface area contributed by atoms with Gasteiger partial charge in [0, 0.05) is 58.6 Å². The van der Waals surface area contributed by atoms with Crippen molar-refractivity contribution in [3.63, 3.8) is 0 Å². The number of carbonyl (C=O) groups excluding carboxylic acids is 1. The van der Waals surface area contributed by atoms with Gasteiger partial charge in [-0.1, -0.05) is 18.2 Å². The second kappa shape index (κ2) is 19.2. The van der Waals surface area contributed by atoms with Crippen LogP contribution in [0.5, 0.6) is 17.2 Å². The van der Waals surface area contributed by atoms with Crippen molar-refractivity contribution < 1.29 is 84.7 Å². The van der Waals surface area contributed by atoms with Gasteiger partial charge < -0.3 is 40.5 Å². The molecule has 0 amide bonds. The van der Waals surface area contributed by atoms with Crippen LogP contribution in [0, 0.1) is 0 Å². The molecule has 0 unspecified atom stereocenters. The summed E-state index contributed by atoms with van der Waals surface area (Å²) in [5.74, 6) is -3.49. The molecule has 0 bridgehead atoms. The molecule has 1 radical (unpaired) electrons. The monoisotopic (exact) mass is 849 g/mol. The zero-order valence-corrected chi connectivity index (χ0v) is 30.5. The van der Waals surface area contributed by atoms with Crippen LogP contribution in [0.15, 0.2) is 102 Å². The quantitative estimate of drug-likeness (QED) is 0.0256. The Morgan fingerprint density at radius 3 is 2.26 bits per heavy atom. The molecule has 54 heavy (non-hydrogen) atoms. The fourth-order valence-corrected chi connectivity index (χ4v) is 6.95. The molecule has 0 saturated carbocycles. The van der Waals surface area contributed by atoms with Crippen molar-refractivity contribution in [3.8, 4) is 17.2 Å². The number of ether oxygens (including phenoxy) is 1. The van der Waals surface area contributed by atoms with Crippen molar-refractivity contribution in [1.29, 1.82) is 0 Å². The van der Waals surface area contributed by atoms with Gasteiger partial charge >= 0.3 is 0 Å². The summed E-state index contributed by atoms with van der Waals surface area (Å²) >= 11 is 0.845. The number of hydrogen-bond acceptors (Lipinski definition) is 20. The summed E-state index contributed by atoms with van der Waals surface area (Å²) in [6, 6.07) is 14.7. The number of nitrogens with zero attached hydrogens (tertiary/aromatic N) is 4. The molecule has 0 atom stereocenters. The van der Waals surface area contributed by atoms with Gasteiger partial charge in [-0.2, -0.15) is 13.8 Å². The number of fused-ring (bicyclic) bond motifs is 2. The van der Waals surface area contributed by atoms with E-state index in [4.69, 9.17) is 4.74 Å². The van der Waals surface area contributed by atoms with E-state index in [0.717, 1.165) is 24.3 Å². The number of methoxy groups -OCH3 is 1. The van der Waals surface area contributed by atoms with Gasteiger partial charge in [0.05, 0.1) is 45.5 Å². The van der Waals surface area contributed by atoms with Crippen molar-refractivity contribution in [2.45, 2.75) is 21.1 Å². The van der Waals surface area contributed by atoms with E-state index in [1.165, 1.54) is 49.6 Å². The molecule has 5 rings (SSSR count). The maximum Gasteiger partial charge on any atom is 0.240 e. The molecule has 5 aromatic carbocycles. The number of carboxylic acid groups (broad SMARTS) is 1. The number of aromatic hydroxyl groups is 3. The molecule has 0 fully saturated rings. The molecule has 0 aliphatic carbocycles. The summed E-state index contributed by atoms with van der Waals surface area (Å²) in [6.45, 7) is 0.411. The number of hydrogen-bond donors (Lipinski definition) is 4. The summed E-state index contributed by atoms with van der Waals surface area (Å²) < 4.78 is 41.7. The summed E-state index contributed by atoms with van der Waals surface area (Å²) in [7, 11) is -2.54. The average Bonchev–Trinajstić information content (AvgIpc) is 3.14. The third kappa shape index (κ3) is 9.79. The van der Waals surface area contributed by atoms with Crippen molar-refractivity contribution in [3.05, 3.63) is 72.3 Å². The number of phenols is 3. The minimum atomic E-state index is -4.01. The number of carboxylic acids is 1. The summed E-state index contributed by atoms with van der Waals surface area (Å²) in [6.07, 6.45) is 0.407. The van der Waals surface area contributed by atoms with E-state index in [0.29, 0.717) is 42.5 Å². The van der Waals surface area contributed by atoms with Gasteiger partial charge in [-0.05, 0) is 65.7 Å². The Kier molecular flexibility index (Phi) is 15.1. The van der Waals surface area contributed by atoms with Gasteiger partial charge in [-0.3, -0.25) is 10.1 Å². The normalized spacial score (nSPS) is 11.9. The molecule has 0 saturated heterocycles. The van der Waals surface area contributed by atoms with E-state index in [1.807, 2.05) is 0 Å². The summed E-state index contributed by atoms with van der Waals surface area (Å²) in [5, 5.41) is 89.4.